The average Bonchev–Trinajstić information content (AvgIpc) is 2.62. The highest BCUT2D eigenvalue weighted by molar-refractivity contribution is 7.99. The second-order valence-electron chi connectivity index (χ2n) is 5.95. The molecule has 2 N–H and O–H groups in total. The zero-order valence-corrected chi connectivity index (χ0v) is 14.8. The zero-order valence-electron chi connectivity index (χ0n) is 14.0. The fraction of sp³-hybridized carbons (Fsp3) is 0.353. The first-order valence-corrected chi connectivity index (χ1v) is 9.34. The molecule has 0 spiro atoms. The molecule has 144 valence electrons. The van der Waals surface area contributed by atoms with Gasteiger partial charge in [0.25, 0.3) is 5.91 Å². The minimum atomic E-state index is -4.84. The highest BCUT2D eigenvalue weighted by Crippen LogP contribution is 2.31. The van der Waals surface area contributed by atoms with Crippen LogP contribution in [0.5, 0.6) is 0 Å². The van der Waals surface area contributed by atoms with Gasteiger partial charge < -0.3 is 10.6 Å². The van der Waals surface area contributed by atoms with E-state index in [4.69, 9.17) is 0 Å². The first-order chi connectivity index (χ1) is 12.8. The Labute approximate surface area is 157 Å². The molecule has 1 amide bonds. The topological polar surface area (TPSA) is 66.9 Å². The van der Waals surface area contributed by atoms with Gasteiger partial charge in [-0.15, -0.1) is 0 Å². The highest BCUT2D eigenvalue weighted by atomic mass is 32.2. The van der Waals surface area contributed by atoms with Crippen LogP contribution in [0.4, 0.5) is 29.2 Å². The molecular weight excluding hydrogens is 384 g/mol. The van der Waals surface area contributed by atoms with E-state index in [-0.39, 0.29) is 17.7 Å². The van der Waals surface area contributed by atoms with E-state index < -0.39 is 29.2 Å². The lowest BCUT2D eigenvalue weighted by atomic mass is 10.1. The Morgan fingerprint density at radius 1 is 1.22 bits per heavy atom. The minimum absolute atomic E-state index is 0.162. The number of carbonyl (C=O) groups is 1. The first kappa shape index (κ1) is 19.4. The van der Waals surface area contributed by atoms with Crippen LogP contribution in [0.25, 0.3) is 0 Å². The standard InChI is InChI=1S/C17H16F4N4OS/c18-10-2-1-3-12(8-10)24-16-22-9-13(14(25-16)17(19,20)21)15(26)23-11-4-6-27-7-5-11/h1-3,8-9,11H,4-7H2,(H,23,26)(H,22,24,25). The first-order valence-electron chi connectivity index (χ1n) is 8.18. The van der Waals surface area contributed by atoms with Crippen LogP contribution in [-0.4, -0.2) is 33.4 Å². The maximum absolute atomic E-state index is 13.4. The summed E-state index contributed by atoms with van der Waals surface area (Å²) in [5, 5.41) is 5.13. The molecule has 1 aliphatic heterocycles. The number of anilines is 2. The molecule has 27 heavy (non-hydrogen) atoms. The van der Waals surface area contributed by atoms with Gasteiger partial charge in [0.1, 0.15) is 5.82 Å². The Hall–Kier alpha value is -2.36. The van der Waals surface area contributed by atoms with E-state index in [1.165, 1.54) is 18.2 Å². The number of hydrogen-bond acceptors (Lipinski definition) is 5. The number of carbonyl (C=O) groups excluding carboxylic acids is 1. The third kappa shape index (κ3) is 5.09. The van der Waals surface area contributed by atoms with Crippen molar-refractivity contribution >= 4 is 29.3 Å². The number of thioether (sulfide) groups is 1. The van der Waals surface area contributed by atoms with E-state index in [0.717, 1.165) is 23.8 Å². The molecule has 3 rings (SSSR count). The molecule has 2 heterocycles. The Balaban J connectivity index is 1.84. The van der Waals surface area contributed by atoms with Crippen LogP contribution < -0.4 is 10.6 Å². The van der Waals surface area contributed by atoms with Crippen molar-refractivity contribution in [3.8, 4) is 0 Å². The second kappa shape index (κ2) is 8.12. The van der Waals surface area contributed by atoms with Crippen molar-refractivity contribution in [2.45, 2.75) is 25.1 Å². The Morgan fingerprint density at radius 3 is 2.63 bits per heavy atom. The molecule has 10 heteroatoms. The fourth-order valence-electron chi connectivity index (χ4n) is 2.62. The lowest BCUT2D eigenvalue weighted by Crippen LogP contribution is -2.38. The molecule has 1 aromatic carbocycles. The van der Waals surface area contributed by atoms with Gasteiger partial charge in [0.2, 0.25) is 5.95 Å². The molecule has 2 aromatic rings. The van der Waals surface area contributed by atoms with Gasteiger partial charge in [-0.25, -0.2) is 14.4 Å². The molecule has 1 saturated heterocycles. The number of nitrogens with zero attached hydrogens (tertiary/aromatic N) is 2. The Morgan fingerprint density at radius 2 is 1.96 bits per heavy atom. The second-order valence-corrected chi connectivity index (χ2v) is 7.17. The highest BCUT2D eigenvalue weighted by Gasteiger charge is 2.38. The number of hydrogen-bond donors (Lipinski definition) is 2. The van der Waals surface area contributed by atoms with Crippen molar-refractivity contribution in [3.63, 3.8) is 0 Å². The molecule has 0 atom stereocenters. The van der Waals surface area contributed by atoms with E-state index in [0.29, 0.717) is 12.8 Å². The van der Waals surface area contributed by atoms with Gasteiger partial charge in [-0.2, -0.15) is 24.9 Å². The summed E-state index contributed by atoms with van der Waals surface area (Å²) in [5.41, 5.74) is -1.77. The summed E-state index contributed by atoms with van der Waals surface area (Å²) >= 11 is 1.74. The monoisotopic (exact) mass is 400 g/mol. The predicted octanol–water partition coefficient (Wildman–Crippen LogP) is 4.00. The molecule has 0 aliphatic carbocycles. The largest absolute Gasteiger partial charge is 0.434 e. The summed E-state index contributed by atoms with van der Waals surface area (Å²) in [6.45, 7) is 0. The smallest absolute Gasteiger partial charge is 0.349 e. The number of halogens is 4. The van der Waals surface area contributed by atoms with Gasteiger partial charge >= 0.3 is 6.18 Å². The average molecular weight is 400 g/mol. The van der Waals surface area contributed by atoms with Crippen molar-refractivity contribution in [1.82, 2.24) is 15.3 Å². The SMILES string of the molecule is O=C(NC1CCSCC1)c1cnc(Nc2cccc(F)c2)nc1C(F)(F)F. The fourth-order valence-corrected chi connectivity index (χ4v) is 3.73. The van der Waals surface area contributed by atoms with Crippen LogP contribution in [0.3, 0.4) is 0 Å². The summed E-state index contributed by atoms with van der Waals surface area (Å²) < 4.78 is 53.4. The summed E-state index contributed by atoms with van der Waals surface area (Å²) in [5.74, 6) is -0.0820. The summed E-state index contributed by atoms with van der Waals surface area (Å²) in [6, 6.07) is 4.99. The summed E-state index contributed by atoms with van der Waals surface area (Å²) in [6.07, 6.45) is -2.59. The van der Waals surface area contributed by atoms with Gasteiger partial charge in [-0.05, 0) is 42.5 Å². The zero-order chi connectivity index (χ0) is 19.4. The van der Waals surface area contributed by atoms with Crippen molar-refractivity contribution in [3.05, 3.63) is 47.5 Å². The van der Waals surface area contributed by atoms with Gasteiger partial charge in [-0.3, -0.25) is 4.79 Å². The van der Waals surface area contributed by atoms with Crippen molar-refractivity contribution in [2.24, 2.45) is 0 Å². The molecule has 0 bridgehead atoms. The Kier molecular flexibility index (Phi) is 5.83. The van der Waals surface area contributed by atoms with Gasteiger partial charge in [0.15, 0.2) is 5.69 Å². The lowest BCUT2D eigenvalue weighted by Gasteiger charge is -2.23. The molecule has 0 radical (unpaired) electrons. The molecular formula is C17H16F4N4OS. The molecule has 0 saturated carbocycles. The van der Waals surface area contributed by atoms with Gasteiger partial charge in [-0.1, -0.05) is 6.07 Å². The van der Waals surface area contributed by atoms with Crippen LogP contribution in [-0.2, 0) is 6.18 Å². The molecule has 1 aliphatic rings. The maximum atomic E-state index is 13.4. The number of alkyl halides is 3. The number of nitrogens with one attached hydrogen (secondary N) is 2. The summed E-state index contributed by atoms with van der Waals surface area (Å²) in [7, 11) is 0. The maximum Gasteiger partial charge on any atom is 0.434 e. The number of amides is 1. The predicted molar refractivity (Wildman–Crippen MR) is 94.5 cm³/mol. The van der Waals surface area contributed by atoms with Crippen LogP contribution in [0.2, 0.25) is 0 Å². The van der Waals surface area contributed by atoms with E-state index in [9.17, 15) is 22.4 Å². The summed E-state index contributed by atoms with van der Waals surface area (Å²) in [4.78, 5) is 19.6. The van der Waals surface area contributed by atoms with Crippen molar-refractivity contribution in [1.29, 1.82) is 0 Å². The van der Waals surface area contributed by atoms with Gasteiger partial charge in [0.05, 0.1) is 5.56 Å². The van der Waals surface area contributed by atoms with Crippen molar-refractivity contribution in [2.75, 3.05) is 16.8 Å². The van der Waals surface area contributed by atoms with Crippen LogP contribution >= 0.6 is 11.8 Å². The quantitative estimate of drug-likeness (QED) is 0.760. The van der Waals surface area contributed by atoms with E-state index >= 15 is 0 Å². The van der Waals surface area contributed by atoms with E-state index in [1.807, 2.05) is 0 Å². The van der Waals surface area contributed by atoms with Crippen molar-refractivity contribution < 1.29 is 22.4 Å². The van der Waals surface area contributed by atoms with E-state index in [1.54, 1.807) is 11.8 Å². The van der Waals surface area contributed by atoms with Crippen LogP contribution in [0.15, 0.2) is 30.5 Å². The number of benzene rings is 1. The lowest BCUT2D eigenvalue weighted by molar-refractivity contribution is -0.141. The van der Waals surface area contributed by atoms with Gasteiger partial charge in [0, 0.05) is 17.9 Å². The number of rotatable bonds is 4. The minimum Gasteiger partial charge on any atom is -0.349 e. The normalized spacial score (nSPS) is 15.4. The third-order valence-corrected chi connectivity index (χ3v) is 4.99. The number of aromatic nitrogens is 2. The van der Waals surface area contributed by atoms with Crippen LogP contribution in [0.1, 0.15) is 28.9 Å². The Bertz CT molecular complexity index is 825. The molecule has 1 fully saturated rings. The van der Waals surface area contributed by atoms with E-state index in [2.05, 4.69) is 20.6 Å². The van der Waals surface area contributed by atoms with Crippen LogP contribution in [0, 0.1) is 5.82 Å². The molecule has 5 nitrogen and oxygen atoms in total. The molecule has 1 aromatic heterocycles. The third-order valence-electron chi connectivity index (χ3n) is 3.94. The molecule has 0 unspecified atom stereocenters.